The molecule has 9 nitrogen and oxygen atoms in total. The van der Waals surface area contributed by atoms with Crippen molar-refractivity contribution in [1.29, 1.82) is 0 Å². The Labute approximate surface area is 329 Å². The lowest BCUT2D eigenvalue weighted by atomic mass is 9.41. The smallest absolute Gasteiger partial charge is 0.159 e. The number of rotatable bonds is 9. The summed E-state index contributed by atoms with van der Waals surface area (Å²) in [5, 5.41) is 64.6. The molecule has 55 heavy (non-hydrogen) atoms. The maximum Gasteiger partial charge on any atom is 0.159 e. The summed E-state index contributed by atoms with van der Waals surface area (Å²) in [6.07, 6.45) is 20.5. The molecule has 0 radical (unpaired) electrons. The Kier molecular flexibility index (Phi) is 11.1. The van der Waals surface area contributed by atoms with E-state index in [1.54, 1.807) is 6.08 Å². The third-order valence-corrected chi connectivity index (χ3v) is 17.7. The highest BCUT2D eigenvalue weighted by molar-refractivity contribution is 5.95. The Hall–Kier alpha value is -1.59. The molecule has 0 aromatic rings. The number of dihydropyridines is 1. The van der Waals surface area contributed by atoms with Gasteiger partial charge >= 0.3 is 0 Å². The second kappa shape index (κ2) is 15.2. The van der Waals surface area contributed by atoms with Crippen LogP contribution in [0.2, 0.25) is 0 Å². The lowest BCUT2D eigenvalue weighted by molar-refractivity contribution is -0.219. The molecular formula is C46H72N2O7. The molecule has 5 saturated carbocycles. The van der Waals surface area contributed by atoms with E-state index in [0.29, 0.717) is 44.4 Å². The largest absolute Gasteiger partial charge is 0.390 e. The van der Waals surface area contributed by atoms with Crippen molar-refractivity contribution in [3.63, 3.8) is 0 Å². The molecule has 6 fully saturated rings. The van der Waals surface area contributed by atoms with Gasteiger partial charge in [-0.2, -0.15) is 0 Å². The molecule has 1 saturated heterocycles. The minimum absolute atomic E-state index is 0.0542. The van der Waals surface area contributed by atoms with Gasteiger partial charge in [0, 0.05) is 17.5 Å². The van der Waals surface area contributed by atoms with Crippen molar-refractivity contribution < 1.29 is 35.1 Å². The molecule has 8 rings (SSSR count). The highest BCUT2D eigenvalue weighted by atomic mass is 16.5. The first-order valence-electron chi connectivity index (χ1n) is 22.6. The summed E-state index contributed by atoms with van der Waals surface area (Å²) in [5.41, 5.74) is 3.74. The number of hydrogen-bond donors (Lipinski definition) is 7. The van der Waals surface area contributed by atoms with Gasteiger partial charge in [0.1, 0.15) is 6.10 Å². The molecule has 0 aromatic heterocycles. The molecule has 9 heteroatoms. The fourth-order valence-electron chi connectivity index (χ4n) is 15.0. The highest BCUT2D eigenvalue weighted by Crippen LogP contribution is 2.73. The standard InChI is InChI=1S/C46H72N2O7/c1-4-8-28-11-14-31-27(2)41(55-38(31)15-12-28)42(52)43(3,53)39-19-22-46(54)33-23-35(49)34-24-36(50)37(51)25-44(34,20-17-29-13-16-40(47)48-26-29)32(33)18-21-45(39,46)30-9-6-5-7-10-30/h13,16,23,26-28,30-32,34,36-42,48,50-54H,4-12,14-15,17-22,24-25,47H2,1-3H3. The number of ether oxygens (including phenoxy) is 1. The lowest BCUT2D eigenvalue weighted by Gasteiger charge is -2.64. The number of ketones is 1. The van der Waals surface area contributed by atoms with Crippen LogP contribution in [0.4, 0.5) is 0 Å². The summed E-state index contributed by atoms with van der Waals surface area (Å²) >= 11 is 0. The van der Waals surface area contributed by atoms with E-state index in [4.69, 9.17) is 10.5 Å². The van der Waals surface area contributed by atoms with Crippen molar-refractivity contribution in [2.45, 2.75) is 191 Å². The molecule has 16 unspecified atom stereocenters. The van der Waals surface area contributed by atoms with E-state index in [9.17, 15) is 30.3 Å². The molecule has 0 aromatic carbocycles. The van der Waals surface area contributed by atoms with E-state index in [1.807, 2.05) is 25.3 Å². The van der Waals surface area contributed by atoms with Crippen molar-refractivity contribution in [2.75, 3.05) is 0 Å². The first kappa shape index (κ1) is 40.2. The molecule has 8 aliphatic rings. The van der Waals surface area contributed by atoms with Crippen LogP contribution in [0.5, 0.6) is 0 Å². The molecule has 16 atom stereocenters. The van der Waals surface area contributed by atoms with Gasteiger partial charge in [-0.3, -0.25) is 4.79 Å². The van der Waals surface area contributed by atoms with Crippen LogP contribution in [0.3, 0.4) is 0 Å². The van der Waals surface area contributed by atoms with Crippen LogP contribution in [0.1, 0.15) is 143 Å². The van der Waals surface area contributed by atoms with E-state index in [-0.39, 0.29) is 48.1 Å². The molecule has 8 N–H and O–H groups in total. The summed E-state index contributed by atoms with van der Waals surface area (Å²) in [6, 6.07) is 0. The molecule has 2 heterocycles. The molecular weight excluding hydrogens is 693 g/mol. The van der Waals surface area contributed by atoms with Gasteiger partial charge < -0.3 is 41.3 Å². The van der Waals surface area contributed by atoms with Crippen molar-refractivity contribution in [2.24, 2.45) is 58.0 Å². The van der Waals surface area contributed by atoms with Crippen LogP contribution >= 0.6 is 0 Å². The van der Waals surface area contributed by atoms with Gasteiger partial charge in [0.15, 0.2) is 5.78 Å². The van der Waals surface area contributed by atoms with Gasteiger partial charge in [0.2, 0.25) is 0 Å². The van der Waals surface area contributed by atoms with Crippen LogP contribution in [0.15, 0.2) is 35.6 Å². The topological polar surface area (TPSA) is 166 Å². The lowest BCUT2D eigenvalue weighted by Crippen LogP contribution is -2.67. The molecule has 0 bridgehead atoms. The van der Waals surface area contributed by atoms with Gasteiger partial charge in [-0.15, -0.1) is 0 Å². The number of nitrogens with two attached hydrogens (primary N) is 1. The van der Waals surface area contributed by atoms with E-state index in [1.165, 1.54) is 19.3 Å². The highest BCUT2D eigenvalue weighted by Gasteiger charge is 2.73. The Morgan fingerprint density at radius 1 is 1.02 bits per heavy atom. The van der Waals surface area contributed by atoms with Crippen LogP contribution in [-0.2, 0) is 9.53 Å². The second-order valence-electron chi connectivity index (χ2n) is 20.2. The number of aliphatic hydroxyl groups is 5. The predicted molar refractivity (Wildman–Crippen MR) is 212 cm³/mol. The Morgan fingerprint density at radius 3 is 2.51 bits per heavy atom. The van der Waals surface area contributed by atoms with Crippen molar-refractivity contribution in [3.8, 4) is 0 Å². The monoisotopic (exact) mass is 765 g/mol. The zero-order valence-electron chi connectivity index (χ0n) is 33.9. The van der Waals surface area contributed by atoms with Gasteiger partial charge in [0.05, 0.1) is 41.8 Å². The van der Waals surface area contributed by atoms with E-state index >= 15 is 0 Å². The second-order valence-corrected chi connectivity index (χ2v) is 20.2. The maximum absolute atomic E-state index is 14.5. The van der Waals surface area contributed by atoms with Gasteiger partial charge in [-0.1, -0.05) is 58.4 Å². The predicted octanol–water partition coefficient (Wildman–Crippen LogP) is 5.96. The third kappa shape index (κ3) is 6.48. The third-order valence-electron chi connectivity index (χ3n) is 17.7. The van der Waals surface area contributed by atoms with Crippen LogP contribution in [-0.4, -0.2) is 79.2 Å². The quantitative estimate of drug-likeness (QED) is 0.150. The number of aliphatic hydroxyl groups excluding tert-OH is 3. The molecule has 0 amide bonds. The minimum Gasteiger partial charge on any atom is -0.390 e. The zero-order chi connectivity index (χ0) is 38.9. The molecule has 0 spiro atoms. The first-order valence-corrected chi connectivity index (χ1v) is 22.6. The number of nitrogens with one attached hydrogen (secondary N) is 1. The van der Waals surface area contributed by atoms with Gasteiger partial charge in [0.25, 0.3) is 0 Å². The number of fused-ring (bicyclic) bond motifs is 6. The summed E-state index contributed by atoms with van der Waals surface area (Å²) in [4.78, 5) is 14.5. The van der Waals surface area contributed by atoms with Crippen LogP contribution in [0.25, 0.3) is 0 Å². The summed E-state index contributed by atoms with van der Waals surface area (Å²) in [6.45, 7) is 6.31. The Morgan fingerprint density at radius 2 is 1.78 bits per heavy atom. The maximum atomic E-state index is 14.5. The molecule has 308 valence electrons. The average molecular weight is 765 g/mol. The average Bonchev–Trinajstić information content (AvgIpc) is 3.59. The summed E-state index contributed by atoms with van der Waals surface area (Å²) < 4.78 is 6.81. The number of carbonyl (C=O) groups excluding carboxylic acids is 1. The number of hydrogen-bond acceptors (Lipinski definition) is 9. The zero-order valence-corrected chi connectivity index (χ0v) is 33.9. The van der Waals surface area contributed by atoms with Crippen molar-refractivity contribution in [3.05, 3.63) is 35.6 Å². The Balaban J connectivity index is 1.13. The van der Waals surface area contributed by atoms with Gasteiger partial charge in [-0.25, -0.2) is 0 Å². The van der Waals surface area contributed by atoms with E-state index in [0.717, 1.165) is 74.9 Å². The summed E-state index contributed by atoms with van der Waals surface area (Å²) in [7, 11) is 0. The van der Waals surface area contributed by atoms with E-state index in [2.05, 4.69) is 19.2 Å². The molecule has 6 aliphatic carbocycles. The number of carbonyl (C=O) groups is 1. The minimum atomic E-state index is -1.51. The van der Waals surface area contributed by atoms with Gasteiger partial charge in [-0.05, 0) is 155 Å². The first-order chi connectivity index (χ1) is 26.3. The molecule has 2 aliphatic heterocycles. The fraction of sp³-hybridized carbons (Fsp3) is 0.848. The van der Waals surface area contributed by atoms with Crippen LogP contribution < -0.4 is 11.1 Å². The van der Waals surface area contributed by atoms with E-state index < -0.39 is 52.4 Å². The normalized spacial score (nSPS) is 47.6. The summed E-state index contributed by atoms with van der Waals surface area (Å²) in [5.74, 6) is 0.376. The number of allylic oxidation sites excluding steroid dienone is 3. The Bertz CT molecular complexity index is 1520. The van der Waals surface area contributed by atoms with Crippen molar-refractivity contribution >= 4 is 5.78 Å². The SMILES string of the molecule is CCCC1CCC2OC(C(O)C(C)(O)C3CCC4(O)C5=CC(=O)C6CC(O)C(O)CC6(CCC6=CNC(N)C=C6)C5CCC34C3CCCCC3)C(C)C2CC1. The van der Waals surface area contributed by atoms with Crippen LogP contribution in [0, 0.1) is 52.3 Å². The van der Waals surface area contributed by atoms with Crippen molar-refractivity contribution in [1.82, 2.24) is 5.32 Å². The fourth-order valence-corrected chi connectivity index (χ4v) is 15.0.